The van der Waals surface area contributed by atoms with E-state index in [1.54, 1.807) is 18.3 Å². The van der Waals surface area contributed by atoms with Crippen molar-refractivity contribution in [3.63, 3.8) is 0 Å². The molecule has 0 aliphatic carbocycles. The lowest BCUT2D eigenvalue weighted by molar-refractivity contribution is -0.123. The van der Waals surface area contributed by atoms with E-state index < -0.39 is 24.5 Å². The minimum Gasteiger partial charge on any atom is -0.494 e. The Kier molecular flexibility index (Phi) is 5.33. The van der Waals surface area contributed by atoms with Gasteiger partial charge in [0.1, 0.15) is 5.75 Å². The second kappa shape index (κ2) is 6.98. The van der Waals surface area contributed by atoms with Gasteiger partial charge in [0.25, 0.3) is 5.91 Å². The van der Waals surface area contributed by atoms with Crippen molar-refractivity contribution in [1.29, 1.82) is 0 Å². The Bertz CT molecular complexity index is 530. The number of anilines is 1. The number of benzene rings is 1. The van der Waals surface area contributed by atoms with Gasteiger partial charge in [-0.3, -0.25) is 10.1 Å². The van der Waals surface area contributed by atoms with E-state index in [2.05, 4.69) is 0 Å². The molecule has 1 aromatic rings. The molecule has 1 aromatic carbocycles. The number of nitrogens with one attached hydrogen (secondary N) is 1. The molecular formula is C12H15N3O5. The van der Waals surface area contributed by atoms with Crippen molar-refractivity contribution in [2.24, 2.45) is 5.73 Å². The summed E-state index contributed by atoms with van der Waals surface area (Å²) in [6.45, 7) is 1.58. The second-order valence-corrected chi connectivity index (χ2v) is 3.71. The monoisotopic (exact) mass is 281 g/mol. The zero-order chi connectivity index (χ0) is 15.1. The third kappa shape index (κ3) is 4.84. The number of ether oxygens (including phenoxy) is 2. The number of nitrogens with two attached hydrogens (primary N) is 2. The van der Waals surface area contributed by atoms with Gasteiger partial charge >= 0.3 is 12.0 Å². The highest BCUT2D eigenvalue weighted by atomic mass is 16.5. The molecule has 0 fully saturated rings. The van der Waals surface area contributed by atoms with E-state index >= 15 is 0 Å². The van der Waals surface area contributed by atoms with Crippen LogP contribution in [0.3, 0.4) is 0 Å². The summed E-state index contributed by atoms with van der Waals surface area (Å²) in [4.78, 5) is 33.2. The zero-order valence-corrected chi connectivity index (χ0v) is 10.8. The Labute approximate surface area is 115 Å². The maximum absolute atomic E-state index is 11.7. The topological polar surface area (TPSA) is 134 Å². The first-order chi connectivity index (χ1) is 9.42. The SMILES string of the molecule is CCOc1cc(N)cc(C(=O)OCC(=O)NC(N)=O)c1. The van der Waals surface area contributed by atoms with E-state index in [0.29, 0.717) is 18.0 Å². The molecule has 5 N–H and O–H groups in total. The Morgan fingerprint density at radius 3 is 2.55 bits per heavy atom. The molecule has 0 aliphatic heterocycles. The van der Waals surface area contributed by atoms with Crippen LogP contribution >= 0.6 is 0 Å². The molecule has 0 heterocycles. The second-order valence-electron chi connectivity index (χ2n) is 3.71. The fourth-order valence-electron chi connectivity index (χ4n) is 1.38. The van der Waals surface area contributed by atoms with Crippen LogP contribution in [-0.2, 0) is 9.53 Å². The summed E-state index contributed by atoms with van der Waals surface area (Å²) in [5, 5.41) is 1.77. The van der Waals surface area contributed by atoms with E-state index in [0.717, 1.165) is 0 Å². The molecule has 8 heteroatoms. The number of esters is 1. The molecular weight excluding hydrogens is 266 g/mol. The summed E-state index contributed by atoms with van der Waals surface area (Å²) in [6, 6.07) is 3.36. The van der Waals surface area contributed by atoms with Crippen molar-refractivity contribution in [3.8, 4) is 5.75 Å². The molecule has 0 saturated heterocycles. The average molecular weight is 281 g/mol. The first-order valence-corrected chi connectivity index (χ1v) is 5.72. The van der Waals surface area contributed by atoms with E-state index in [4.69, 9.17) is 20.9 Å². The van der Waals surface area contributed by atoms with Gasteiger partial charge in [0.2, 0.25) is 0 Å². The molecule has 8 nitrogen and oxygen atoms in total. The maximum Gasteiger partial charge on any atom is 0.338 e. The highest BCUT2D eigenvalue weighted by Crippen LogP contribution is 2.19. The number of primary amides is 1. The summed E-state index contributed by atoms with van der Waals surface area (Å²) in [5.41, 5.74) is 10.8. The lowest BCUT2D eigenvalue weighted by Gasteiger charge is -2.08. The van der Waals surface area contributed by atoms with Gasteiger partial charge < -0.3 is 20.9 Å². The summed E-state index contributed by atoms with van der Waals surface area (Å²) in [6.07, 6.45) is 0. The van der Waals surface area contributed by atoms with Gasteiger partial charge in [0.05, 0.1) is 12.2 Å². The third-order valence-electron chi connectivity index (χ3n) is 2.07. The number of hydrogen-bond donors (Lipinski definition) is 3. The fraction of sp³-hybridized carbons (Fsp3) is 0.250. The highest BCUT2D eigenvalue weighted by Gasteiger charge is 2.13. The number of carbonyl (C=O) groups excluding carboxylic acids is 3. The lowest BCUT2D eigenvalue weighted by Crippen LogP contribution is -2.37. The number of urea groups is 1. The Morgan fingerprint density at radius 2 is 1.95 bits per heavy atom. The lowest BCUT2D eigenvalue weighted by atomic mass is 10.2. The Balaban J connectivity index is 2.67. The highest BCUT2D eigenvalue weighted by molar-refractivity contribution is 5.96. The van der Waals surface area contributed by atoms with Crippen LogP contribution in [0.15, 0.2) is 18.2 Å². The molecule has 1 rings (SSSR count). The van der Waals surface area contributed by atoms with Gasteiger partial charge in [-0.1, -0.05) is 0 Å². The molecule has 0 radical (unpaired) electrons. The number of hydrogen-bond acceptors (Lipinski definition) is 6. The van der Waals surface area contributed by atoms with Crippen molar-refractivity contribution >= 4 is 23.6 Å². The van der Waals surface area contributed by atoms with E-state index in [1.807, 2.05) is 0 Å². The molecule has 0 aromatic heterocycles. The average Bonchev–Trinajstić information content (AvgIpc) is 2.34. The molecule has 108 valence electrons. The zero-order valence-electron chi connectivity index (χ0n) is 10.8. The van der Waals surface area contributed by atoms with E-state index in [-0.39, 0.29) is 5.56 Å². The van der Waals surface area contributed by atoms with Crippen LogP contribution < -0.4 is 21.5 Å². The number of carbonyl (C=O) groups is 3. The molecule has 0 atom stereocenters. The minimum absolute atomic E-state index is 0.139. The molecule has 0 bridgehead atoms. The van der Waals surface area contributed by atoms with Gasteiger partial charge in [-0.25, -0.2) is 9.59 Å². The Hall–Kier alpha value is -2.77. The minimum atomic E-state index is -1.02. The Morgan fingerprint density at radius 1 is 1.25 bits per heavy atom. The predicted molar refractivity (Wildman–Crippen MR) is 70.0 cm³/mol. The van der Waals surface area contributed by atoms with Crippen LogP contribution in [0, 0.1) is 0 Å². The number of nitrogen functional groups attached to an aromatic ring is 1. The van der Waals surface area contributed by atoms with Crippen molar-refractivity contribution in [2.45, 2.75) is 6.92 Å². The van der Waals surface area contributed by atoms with Crippen LogP contribution in [0.1, 0.15) is 17.3 Å². The third-order valence-corrected chi connectivity index (χ3v) is 2.07. The molecule has 20 heavy (non-hydrogen) atoms. The van der Waals surface area contributed by atoms with Crippen molar-refractivity contribution in [2.75, 3.05) is 18.9 Å². The van der Waals surface area contributed by atoms with Crippen LogP contribution in [-0.4, -0.2) is 31.1 Å². The molecule has 0 spiro atoms. The van der Waals surface area contributed by atoms with E-state index in [1.165, 1.54) is 12.1 Å². The molecule has 3 amide bonds. The standard InChI is InChI=1S/C12H15N3O5/c1-2-19-9-4-7(3-8(13)5-9)11(17)20-6-10(16)15-12(14)18/h3-5H,2,6,13H2,1H3,(H3,14,15,16,18). The smallest absolute Gasteiger partial charge is 0.338 e. The maximum atomic E-state index is 11.7. The van der Waals surface area contributed by atoms with E-state index in [9.17, 15) is 14.4 Å². The van der Waals surface area contributed by atoms with Crippen LogP contribution in [0.5, 0.6) is 5.75 Å². The summed E-state index contributed by atoms with van der Waals surface area (Å²) < 4.78 is 9.94. The van der Waals surface area contributed by atoms with Crippen molar-refractivity contribution in [1.82, 2.24) is 5.32 Å². The number of imide groups is 1. The summed E-state index contributed by atoms with van der Waals surface area (Å²) in [5.74, 6) is -1.17. The number of amides is 3. The van der Waals surface area contributed by atoms with Crippen molar-refractivity contribution in [3.05, 3.63) is 23.8 Å². The fourth-order valence-corrected chi connectivity index (χ4v) is 1.38. The van der Waals surface area contributed by atoms with Crippen LogP contribution in [0.4, 0.5) is 10.5 Å². The molecule has 0 saturated carbocycles. The quantitative estimate of drug-likeness (QED) is 0.514. The summed E-state index contributed by atoms with van der Waals surface area (Å²) in [7, 11) is 0. The number of rotatable bonds is 5. The summed E-state index contributed by atoms with van der Waals surface area (Å²) >= 11 is 0. The molecule has 0 aliphatic rings. The predicted octanol–water partition coefficient (Wildman–Crippen LogP) is 0.0192. The first kappa shape index (κ1) is 15.3. The van der Waals surface area contributed by atoms with Crippen molar-refractivity contribution < 1.29 is 23.9 Å². The van der Waals surface area contributed by atoms with Crippen LogP contribution in [0.25, 0.3) is 0 Å². The van der Waals surface area contributed by atoms with Gasteiger partial charge in [-0.15, -0.1) is 0 Å². The first-order valence-electron chi connectivity index (χ1n) is 5.72. The molecule has 0 unspecified atom stereocenters. The van der Waals surface area contributed by atoms with Crippen LogP contribution in [0.2, 0.25) is 0 Å². The largest absolute Gasteiger partial charge is 0.494 e. The van der Waals surface area contributed by atoms with Gasteiger partial charge in [-0.05, 0) is 19.1 Å². The van der Waals surface area contributed by atoms with Gasteiger partial charge in [0, 0.05) is 11.8 Å². The van der Waals surface area contributed by atoms with Gasteiger partial charge in [0.15, 0.2) is 6.61 Å². The normalized spacial score (nSPS) is 9.65. The van der Waals surface area contributed by atoms with Gasteiger partial charge in [-0.2, -0.15) is 0 Å².